The first-order chi connectivity index (χ1) is 8.27. The maximum absolute atomic E-state index is 4.46. The Kier molecular flexibility index (Phi) is 4.51. The molecule has 0 amide bonds. The number of anilines is 2. The third kappa shape index (κ3) is 3.32. The van der Waals surface area contributed by atoms with Crippen LogP contribution < -0.4 is 10.6 Å². The summed E-state index contributed by atoms with van der Waals surface area (Å²) in [5.74, 6) is 2.56. The maximum Gasteiger partial charge on any atom is 0.134 e. The molecular formula is C13H25N5. The molecule has 0 atom stereocenters. The molecule has 0 aliphatic carbocycles. The summed E-state index contributed by atoms with van der Waals surface area (Å²) in [5.41, 5.74) is 1.13. The molecule has 1 heterocycles. The largest absolute Gasteiger partial charge is 0.373 e. The number of likely N-dealkylation sites (N-methyl/N-ethyl adjacent to an activating group) is 1. The minimum atomic E-state index is 0.0745. The van der Waals surface area contributed by atoms with Gasteiger partial charge in [-0.3, -0.25) is 0 Å². The van der Waals surface area contributed by atoms with Gasteiger partial charge < -0.3 is 15.5 Å². The zero-order valence-electron chi connectivity index (χ0n) is 12.5. The van der Waals surface area contributed by atoms with Crippen molar-refractivity contribution in [2.24, 2.45) is 0 Å². The van der Waals surface area contributed by atoms with Crippen LogP contribution in [0.15, 0.2) is 0 Å². The van der Waals surface area contributed by atoms with E-state index in [1.54, 1.807) is 0 Å². The van der Waals surface area contributed by atoms with E-state index in [9.17, 15) is 0 Å². The van der Waals surface area contributed by atoms with Crippen molar-refractivity contribution in [3.63, 3.8) is 0 Å². The number of aromatic nitrogens is 2. The van der Waals surface area contributed by atoms with Crippen LogP contribution >= 0.6 is 0 Å². The second kappa shape index (κ2) is 5.52. The van der Waals surface area contributed by atoms with Gasteiger partial charge in [0, 0.05) is 24.7 Å². The fourth-order valence-corrected chi connectivity index (χ4v) is 1.50. The molecule has 0 radical (unpaired) electrons. The third-order valence-electron chi connectivity index (χ3n) is 3.39. The Morgan fingerprint density at radius 1 is 1.11 bits per heavy atom. The number of hydrogen-bond acceptors (Lipinski definition) is 5. The van der Waals surface area contributed by atoms with Gasteiger partial charge in [0.2, 0.25) is 0 Å². The normalized spacial score (nSPS) is 11.8. The number of nitrogens with one attached hydrogen (secondary N) is 2. The van der Waals surface area contributed by atoms with Crippen molar-refractivity contribution in [1.82, 2.24) is 14.9 Å². The first kappa shape index (κ1) is 14.7. The molecule has 1 aromatic rings. The highest BCUT2D eigenvalue weighted by atomic mass is 15.2. The van der Waals surface area contributed by atoms with Gasteiger partial charge in [0.25, 0.3) is 0 Å². The lowest BCUT2D eigenvalue weighted by Gasteiger charge is -2.33. The molecule has 102 valence electrons. The molecule has 0 aliphatic heterocycles. The first-order valence-electron chi connectivity index (χ1n) is 6.22. The van der Waals surface area contributed by atoms with Crippen LogP contribution in [0.1, 0.15) is 25.2 Å². The molecule has 0 unspecified atom stereocenters. The summed E-state index contributed by atoms with van der Waals surface area (Å²) in [6.45, 7) is 9.16. The van der Waals surface area contributed by atoms with Crippen LogP contribution in [-0.4, -0.2) is 48.1 Å². The van der Waals surface area contributed by atoms with Crippen molar-refractivity contribution in [3.8, 4) is 0 Å². The Hall–Kier alpha value is -1.36. The van der Waals surface area contributed by atoms with Gasteiger partial charge in [0.05, 0.1) is 0 Å². The molecule has 0 aliphatic rings. The third-order valence-corrected chi connectivity index (χ3v) is 3.39. The average Bonchev–Trinajstić information content (AvgIpc) is 2.29. The quantitative estimate of drug-likeness (QED) is 0.837. The van der Waals surface area contributed by atoms with E-state index in [4.69, 9.17) is 0 Å². The summed E-state index contributed by atoms with van der Waals surface area (Å²) in [4.78, 5) is 11.0. The van der Waals surface area contributed by atoms with E-state index < -0.39 is 0 Å². The van der Waals surface area contributed by atoms with Crippen molar-refractivity contribution < 1.29 is 0 Å². The first-order valence-corrected chi connectivity index (χ1v) is 6.22. The van der Waals surface area contributed by atoms with Crippen LogP contribution in [-0.2, 0) is 0 Å². The van der Waals surface area contributed by atoms with E-state index in [2.05, 4.69) is 53.4 Å². The topological polar surface area (TPSA) is 53.1 Å². The van der Waals surface area contributed by atoms with Crippen molar-refractivity contribution in [3.05, 3.63) is 11.4 Å². The van der Waals surface area contributed by atoms with Gasteiger partial charge in [-0.25, -0.2) is 9.97 Å². The van der Waals surface area contributed by atoms with Crippen LogP contribution in [0.3, 0.4) is 0 Å². The molecule has 5 nitrogen and oxygen atoms in total. The molecule has 0 fully saturated rings. The molecule has 0 aromatic carbocycles. The molecule has 18 heavy (non-hydrogen) atoms. The standard InChI is InChI=1S/C13H25N5/c1-9-11(14-5)16-10(2)17-12(9)15-8-13(3,4)18(6)7/h8H2,1-7H3,(H2,14,15,16,17). The van der Waals surface area contributed by atoms with Crippen molar-refractivity contribution in [2.45, 2.75) is 33.2 Å². The second-order valence-electron chi connectivity index (χ2n) is 5.40. The summed E-state index contributed by atoms with van der Waals surface area (Å²) >= 11 is 0. The van der Waals surface area contributed by atoms with E-state index in [-0.39, 0.29) is 5.54 Å². The lowest BCUT2D eigenvalue weighted by molar-refractivity contribution is 0.210. The molecular weight excluding hydrogens is 226 g/mol. The molecule has 0 saturated heterocycles. The van der Waals surface area contributed by atoms with Crippen LogP contribution in [0.5, 0.6) is 0 Å². The summed E-state index contributed by atoms with van der Waals surface area (Å²) in [7, 11) is 6.04. The zero-order valence-corrected chi connectivity index (χ0v) is 12.5. The number of nitrogens with zero attached hydrogens (tertiary/aromatic N) is 3. The molecule has 5 heteroatoms. The van der Waals surface area contributed by atoms with Crippen LogP contribution in [0.4, 0.5) is 11.6 Å². The Bertz CT molecular complexity index is 412. The minimum Gasteiger partial charge on any atom is -0.373 e. The van der Waals surface area contributed by atoms with Crippen LogP contribution in [0, 0.1) is 13.8 Å². The number of aryl methyl sites for hydroxylation is 1. The highest BCUT2D eigenvalue weighted by Crippen LogP contribution is 2.20. The summed E-state index contributed by atoms with van der Waals surface area (Å²) in [6.07, 6.45) is 0. The Labute approximate surface area is 110 Å². The Morgan fingerprint density at radius 3 is 2.17 bits per heavy atom. The van der Waals surface area contributed by atoms with E-state index in [1.807, 2.05) is 20.9 Å². The fraction of sp³-hybridized carbons (Fsp3) is 0.692. The summed E-state index contributed by atoms with van der Waals surface area (Å²) in [5, 5.41) is 6.51. The Morgan fingerprint density at radius 2 is 1.67 bits per heavy atom. The molecule has 0 bridgehead atoms. The highest BCUT2D eigenvalue weighted by molar-refractivity contribution is 5.57. The van der Waals surface area contributed by atoms with Gasteiger partial charge >= 0.3 is 0 Å². The fourth-order valence-electron chi connectivity index (χ4n) is 1.50. The van der Waals surface area contributed by atoms with Gasteiger partial charge in [-0.1, -0.05) is 0 Å². The van der Waals surface area contributed by atoms with E-state index >= 15 is 0 Å². The van der Waals surface area contributed by atoms with E-state index in [1.165, 1.54) is 0 Å². The zero-order chi connectivity index (χ0) is 13.9. The predicted molar refractivity (Wildman–Crippen MR) is 77.3 cm³/mol. The SMILES string of the molecule is CNc1nc(C)nc(NCC(C)(C)N(C)C)c1C. The van der Waals surface area contributed by atoms with Gasteiger partial charge in [0.15, 0.2) is 0 Å². The molecule has 1 aromatic heterocycles. The van der Waals surface area contributed by atoms with E-state index in [0.717, 1.165) is 29.6 Å². The van der Waals surface area contributed by atoms with Crippen molar-refractivity contribution in [1.29, 1.82) is 0 Å². The smallest absolute Gasteiger partial charge is 0.134 e. The van der Waals surface area contributed by atoms with Gasteiger partial charge in [-0.15, -0.1) is 0 Å². The van der Waals surface area contributed by atoms with Crippen molar-refractivity contribution in [2.75, 3.05) is 38.3 Å². The van der Waals surface area contributed by atoms with Gasteiger partial charge in [-0.2, -0.15) is 0 Å². The number of rotatable bonds is 5. The summed E-state index contributed by atoms with van der Waals surface area (Å²) < 4.78 is 0. The van der Waals surface area contributed by atoms with Gasteiger partial charge in [-0.05, 0) is 41.8 Å². The Balaban J connectivity index is 2.89. The monoisotopic (exact) mass is 251 g/mol. The van der Waals surface area contributed by atoms with Crippen LogP contribution in [0.25, 0.3) is 0 Å². The number of hydrogen-bond donors (Lipinski definition) is 2. The lowest BCUT2D eigenvalue weighted by Crippen LogP contribution is -2.44. The molecule has 0 saturated carbocycles. The average molecular weight is 251 g/mol. The molecule has 1 rings (SSSR count). The lowest BCUT2D eigenvalue weighted by atomic mass is 10.0. The van der Waals surface area contributed by atoms with Gasteiger partial charge in [0.1, 0.15) is 17.5 Å². The highest BCUT2D eigenvalue weighted by Gasteiger charge is 2.20. The molecule has 2 N–H and O–H groups in total. The maximum atomic E-state index is 4.46. The second-order valence-corrected chi connectivity index (χ2v) is 5.40. The van der Waals surface area contributed by atoms with E-state index in [0.29, 0.717) is 0 Å². The predicted octanol–water partition coefficient (Wildman–Crippen LogP) is 1.89. The summed E-state index contributed by atoms with van der Waals surface area (Å²) in [6, 6.07) is 0. The van der Waals surface area contributed by atoms with Crippen LogP contribution in [0.2, 0.25) is 0 Å². The molecule has 0 spiro atoms. The van der Waals surface area contributed by atoms with Crippen molar-refractivity contribution >= 4 is 11.6 Å². The minimum absolute atomic E-state index is 0.0745.